The number of anilines is 2. The van der Waals surface area contributed by atoms with Gasteiger partial charge < -0.3 is 24.6 Å². The van der Waals surface area contributed by atoms with E-state index in [9.17, 15) is 5.11 Å². The Labute approximate surface area is 175 Å². The molecule has 6 heteroatoms. The molecular formula is C24H24N2O4. The second-order valence-corrected chi connectivity index (χ2v) is 7.03. The van der Waals surface area contributed by atoms with E-state index in [1.807, 2.05) is 49.4 Å². The summed E-state index contributed by atoms with van der Waals surface area (Å²) in [6.07, 6.45) is 0. The normalized spacial score (nSPS) is 11.0. The van der Waals surface area contributed by atoms with Gasteiger partial charge in [-0.3, -0.25) is 0 Å². The number of pyridine rings is 1. The Morgan fingerprint density at radius 3 is 2.13 bits per heavy atom. The molecule has 0 saturated carbocycles. The number of methoxy groups -OCH3 is 3. The van der Waals surface area contributed by atoms with E-state index in [0.717, 1.165) is 50.1 Å². The first kappa shape index (κ1) is 19.8. The highest BCUT2D eigenvalue weighted by Crippen LogP contribution is 2.40. The van der Waals surface area contributed by atoms with Crippen LogP contribution in [0.15, 0.2) is 48.5 Å². The molecule has 0 radical (unpaired) electrons. The van der Waals surface area contributed by atoms with Crippen molar-refractivity contribution in [2.24, 2.45) is 0 Å². The summed E-state index contributed by atoms with van der Waals surface area (Å²) in [6, 6.07) is 15.5. The molecule has 1 aromatic heterocycles. The lowest BCUT2D eigenvalue weighted by Crippen LogP contribution is -1.99. The number of hydrogen-bond donors (Lipinski definition) is 2. The molecule has 2 N–H and O–H groups in total. The summed E-state index contributed by atoms with van der Waals surface area (Å²) in [5, 5.41) is 14.9. The van der Waals surface area contributed by atoms with E-state index < -0.39 is 0 Å². The molecule has 0 atom stereocenters. The number of fused-ring (bicyclic) bond motifs is 2. The summed E-state index contributed by atoms with van der Waals surface area (Å²) < 4.78 is 16.5. The maximum Gasteiger partial charge on any atom is 0.162 e. The first-order valence-electron chi connectivity index (χ1n) is 9.58. The van der Waals surface area contributed by atoms with Crippen LogP contribution in [0.4, 0.5) is 11.4 Å². The number of nitrogens with one attached hydrogen (secondary N) is 1. The fourth-order valence-corrected chi connectivity index (χ4v) is 3.65. The molecular weight excluding hydrogens is 380 g/mol. The number of aryl methyl sites for hydroxylation is 1. The fraction of sp³-hybridized carbons (Fsp3) is 0.208. The van der Waals surface area contributed by atoms with E-state index >= 15 is 0 Å². The van der Waals surface area contributed by atoms with Crippen molar-refractivity contribution in [3.05, 3.63) is 59.7 Å². The van der Waals surface area contributed by atoms with Gasteiger partial charge in [-0.05, 0) is 42.3 Å². The van der Waals surface area contributed by atoms with E-state index in [4.69, 9.17) is 19.2 Å². The maximum absolute atomic E-state index is 9.51. The number of hydrogen-bond acceptors (Lipinski definition) is 6. The van der Waals surface area contributed by atoms with Gasteiger partial charge >= 0.3 is 0 Å². The molecule has 0 spiro atoms. The van der Waals surface area contributed by atoms with Gasteiger partial charge in [0.25, 0.3) is 0 Å². The third-order valence-corrected chi connectivity index (χ3v) is 5.17. The summed E-state index contributed by atoms with van der Waals surface area (Å²) in [4.78, 5) is 4.85. The van der Waals surface area contributed by atoms with Gasteiger partial charge in [-0.25, -0.2) is 4.98 Å². The van der Waals surface area contributed by atoms with Crippen molar-refractivity contribution in [3.8, 4) is 17.2 Å². The monoisotopic (exact) mass is 404 g/mol. The summed E-state index contributed by atoms with van der Waals surface area (Å²) in [7, 11) is 4.88. The van der Waals surface area contributed by atoms with Crippen molar-refractivity contribution < 1.29 is 19.3 Å². The first-order chi connectivity index (χ1) is 14.6. The highest BCUT2D eigenvalue weighted by atomic mass is 16.5. The van der Waals surface area contributed by atoms with E-state index in [-0.39, 0.29) is 6.61 Å². The van der Waals surface area contributed by atoms with Gasteiger partial charge in [-0.2, -0.15) is 0 Å². The highest BCUT2D eigenvalue weighted by Gasteiger charge is 2.16. The molecule has 1 heterocycles. The van der Waals surface area contributed by atoms with Crippen molar-refractivity contribution in [2.75, 3.05) is 26.6 Å². The minimum absolute atomic E-state index is 0.0192. The van der Waals surface area contributed by atoms with Crippen molar-refractivity contribution in [2.45, 2.75) is 13.5 Å². The Balaban J connectivity index is 2.04. The zero-order chi connectivity index (χ0) is 21.3. The Hall–Kier alpha value is -3.51. The third-order valence-electron chi connectivity index (χ3n) is 5.17. The van der Waals surface area contributed by atoms with Crippen LogP contribution in [-0.2, 0) is 6.61 Å². The minimum atomic E-state index is -0.0192. The van der Waals surface area contributed by atoms with Crippen molar-refractivity contribution in [1.29, 1.82) is 0 Å². The standard InChI is InChI=1S/C24H24N2O4/c1-14-8-17-19(11-21(14)28-2)26-20-12-23(30-4)22(29-3)10-18(20)24(17)25-16-7-5-6-15(9-16)13-27/h5-12,27H,13H2,1-4H3,(H,25,26). The van der Waals surface area contributed by atoms with Crippen LogP contribution in [0.25, 0.3) is 21.8 Å². The maximum atomic E-state index is 9.51. The molecule has 4 aromatic rings. The topological polar surface area (TPSA) is 72.8 Å². The Kier molecular flexibility index (Phi) is 5.33. The van der Waals surface area contributed by atoms with E-state index in [1.165, 1.54) is 0 Å². The second-order valence-electron chi connectivity index (χ2n) is 7.03. The molecule has 0 aliphatic rings. The van der Waals surface area contributed by atoms with Gasteiger partial charge in [0.2, 0.25) is 0 Å². The third kappa shape index (κ3) is 3.46. The number of aliphatic hydroxyl groups is 1. The van der Waals surface area contributed by atoms with Gasteiger partial charge in [0, 0.05) is 28.6 Å². The minimum Gasteiger partial charge on any atom is -0.496 e. The zero-order valence-corrected chi connectivity index (χ0v) is 17.4. The summed E-state index contributed by atoms with van der Waals surface area (Å²) in [5.74, 6) is 2.02. The van der Waals surface area contributed by atoms with E-state index in [2.05, 4.69) is 11.4 Å². The second kappa shape index (κ2) is 8.08. The quantitative estimate of drug-likeness (QED) is 0.443. The smallest absolute Gasteiger partial charge is 0.162 e. The number of benzene rings is 3. The number of ether oxygens (including phenoxy) is 3. The van der Waals surface area contributed by atoms with Crippen LogP contribution in [0.2, 0.25) is 0 Å². The number of aromatic nitrogens is 1. The molecule has 6 nitrogen and oxygen atoms in total. The van der Waals surface area contributed by atoms with E-state index in [0.29, 0.717) is 11.5 Å². The van der Waals surface area contributed by atoms with Gasteiger partial charge in [0.05, 0.1) is 44.7 Å². The van der Waals surface area contributed by atoms with Crippen LogP contribution >= 0.6 is 0 Å². The van der Waals surface area contributed by atoms with Crippen LogP contribution in [0, 0.1) is 6.92 Å². The van der Waals surface area contributed by atoms with Gasteiger partial charge in [-0.1, -0.05) is 12.1 Å². The van der Waals surface area contributed by atoms with Gasteiger partial charge in [0.15, 0.2) is 11.5 Å². The van der Waals surface area contributed by atoms with Gasteiger partial charge in [-0.15, -0.1) is 0 Å². The van der Waals surface area contributed by atoms with E-state index in [1.54, 1.807) is 21.3 Å². The molecule has 0 amide bonds. The summed E-state index contributed by atoms with van der Waals surface area (Å²) >= 11 is 0. The molecule has 154 valence electrons. The predicted molar refractivity (Wildman–Crippen MR) is 119 cm³/mol. The molecule has 30 heavy (non-hydrogen) atoms. The summed E-state index contributed by atoms with van der Waals surface area (Å²) in [5.41, 5.74) is 5.19. The van der Waals surface area contributed by atoms with Crippen LogP contribution in [0.1, 0.15) is 11.1 Å². The summed E-state index contributed by atoms with van der Waals surface area (Å²) in [6.45, 7) is 1.99. The molecule has 0 bridgehead atoms. The molecule has 0 unspecified atom stereocenters. The molecule has 4 rings (SSSR count). The van der Waals surface area contributed by atoms with Crippen LogP contribution in [0.3, 0.4) is 0 Å². The number of aliphatic hydroxyl groups excluding tert-OH is 1. The lowest BCUT2D eigenvalue weighted by Gasteiger charge is -2.17. The SMILES string of the molecule is COc1cc2nc3cc(OC)c(OC)cc3c(Nc3cccc(CO)c3)c2cc1C. The van der Waals surface area contributed by atoms with Crippen LogP contribution in [0.5, 0.6) is 17.2 Å². The average Bonchev–Trinajstić information content (AvgIpc) is 2.78. The number of rotatable bonds is 6. The first-order valence-corrected chi connectivity index (χ1v) is 9.58. The Morgan fingerprint density at radius 1 is 0.833 bits per heavy atom. The Morgan fingerprint density at radius 2 is 1.47 bits per heavy atom. The van der Waals surface area contributed by atoms with Crippen molar-refractivity contribution in [1.82, 2.24) is 4.98 Å². The molecule has 0 aliphatic heterocycles. The van der Waals surface area contributed by atoms with Crippen molar-refractivity contribution >= 4 is 33.2 Å². The molecule has 0 fully saturated rings. The Bertz CT molecular complexity index is 1240. The molecule has 3 aromatic carbocycles. The molecule has 0 saturated heterocycles. The average molecular weight is 404 g/mol. The molecule has 0 aliphatic carbocycles. The van der Waals surface area contributed by atoms with Gasteiger partial charge in [0.1, 0.15) is 5.75 Å². The largest absolute Gasteiger partial charge is 0.496 e. The number of nitrogens with zero attached hydrogens (tertiary/aromatic N) is 1. The lowest BCUT2D eigenvalue weighted by atomic mass is 10.0. The van der Waals surface area contributed by atoms with Crippen LogP contribution in [-0.4, -0.2) is 31.4 Å². The van der Waals surface area contributed by atoms with Crippen molar-refractivity contribution in [3.63, 3.8) is 0 Å². The lowest BCUT2D eigenvalue weighted by molar-refractivity contribution is 0.282. The fourth-order valence-electron chi connectivity index (χ4n) is 3.65. The predicted octanol–water partition coefficient (Wildman–Crippen LogP) is 4.96. The highest BCUT2D eigenvalue weighted by molar-refractivity contribution is 6.10. The zero-order valence-electron chi connectivity index (χ0n) is 17.4. The van der Waals surface area contributed by atoms with Crippen LogP contribution < -0.4 is 19.5 Å².